The molecule has 4 heteroatoms. The minimum Gasteiger partial charge on any atom is -0.399 e. The Morgan fingerprint density at radius 2 is 1.60 bits per heavy atom. The van der Waals surface area contributed by atoms with Crippen molar-refractivity contribution in [1.29, 1.82) is 0 Å². The van der Waals surface area contributed by atoms with Gasteiger partial charge in [-0.25, -0.2) is 0 Å². The lowest BCUT2D eigenvalue weighted by atomic mass is 9.78. The molecule has 3 nitrogen and oxygen atoms in total. The fourth-order valence-corrected chi connectivity index (χ4v) is 2.32. The van der Waals surface area contributed by atoms with Crippen LogP contribution in [0.25, 0.3) is 0 Å². The van der Waals surface area contributed by atoms with Gasteiger partial charge in [0.25, 0.3) is 0 Å². The van der Waals surface area contributed by atoms with Crippen molar-refractivity contribution in [2.75, 3.05) is 0 Å². The van der Waals surface area contributed by atoms with Crippen molar-refractivity contribution >= 4 is 12.6 Å². The summed E-state index contributed by atoms with van der Waals surface area (Å²) < 4.78 is 12.1. The number of pyridine rings is 1. The summed E-state index contributed by atoms with van der Waals surface area (Å²) in [6.45, 7) is 15.0. The second-order valence-electron chi connectivity index (χ2n) is 7.95. The summed E-state index contributed by atoms with van der Waals surface area (Å²) >= 11 is 0. The monoisotopic (exact) mass is 275 g/mol. The van der Waals surface area contributed by atoms with Gasteiger partial charge < -0.3 is 9.31 Å². The van der Waals surface area contributed by atoms with Crippen LogP contribution in [-0.4, -0.2) is 23.3 Å². The Morgan fingerprint density at radius 3 is 2.10 bits per heavy atom. The molecular formula is C16H26BNO2. The van der Waals surface area contributed by atoms with E-state index in [1.165, 1.54) is 5.56 Å². The highest BCUT2D eigenvalue weighted by molar-refractivity contribution is 6.62. The van der Waals surface area contributed by atoms with E-state index in [0.717, 1.165) is 11.9 Å². The van der Waals surface area contributed by atoms with E-state index in [1.807, 2.05) is 12.4 Å². The number of nitrogens with zero attached hydrogens (tertiary/aromatic N) is 1. The largest absolute Gasteiger partial charge is 0.496 e. The van der Waals surface area contributed by atoms with Gasteiger partial charge in [-0.2, -0.15) is 0 Å². The third-order valence-corrected chi connectivity index (χ3v) is 4.08. The average Bonchev–Trinajstić information content (AvgIpc) is 2.46. The summed E-state index contributed by atoms with van der Waals surface area (Å²) in [7, 11) is -0.326. The molecule has 2 heterocycles. The molecule has 0 N–H and O–H groups in total. The third kappa shape index (κ3) is 3.23. The van der Waals surface area contributed by atoms with Crippen molar-refractivity contribution in [2.45, 2.75) is 66.1 Å². The van der Waals surface area contributed by atoms with E-state index >= 15 is 0 Å². The van der Waals surface area contributed by atoms with Gasteiger partial charge in [0.15, 0.2) is 0 Å². The predicted molar refractivity (Wildman–Crippen MR) is 83.1 cm³/mol. The lowest BCUT2D eigenvalue weighted by molar-refractivity contribution is 0.00578. The van der Waals surface area contributed by atoms with Crippen LogP contribution in [0.15, 0.2) is 18.5 Å². The van der Waals surface area contributed by atoms with E-state index < -0.39 is 0 Å². The van der Waals surface area contributed by atoms with Crippen molar-refractivity contribution in [3.05, 3.63) is 24.0 Å². The van der Waals surface area contributed by atoms with Crippen LogP contribution in [-0.2, 0) is 15.7 Å². The van der Waals surface area contributed by atoms with Crippen LogP contribution in [0.3, 0.4) is 0 Å². The van der Waals surface area contributed by atoms with E-state index in [9.17, 15) is 0 Å². The van der Waals surface area contributed by atoms with Gasteiger partial charge in [-0.1, -0.05) is 26.8 Å². The van der Waals surface area contributed by atoms with Gasteiger partial charge in [0.1, 0.15) is 0 Å². The maximum atomic E-state index is 6.07. The highest BCUT2D eigenvalue weighted by atomic mass is 16.7. The lowest BCUT2D eigenvalue weighted by Crippen LogP contribution is -2.41. The average molecular weight is 275 g/mol. The first-order chi connectivity index (χ1) is 9.00. The molecule has 0 atom stereocenters. The molecule has 0 saturated carbocycles. The summed E-state index contributed by atoms with van der Waals surface area (Å²) in [6, 6.07) is 2.15. The van der Waals surface area contributed by atoms with Gasteiger partial charge in [-0.3, -0.25) is 4.98 Å². The van der Waals surface area contributed by atoms with Crippen molar-refractivity contribution in [3.8, 4) is 0 Å². The van der Waals surface area contributed by atoms with Crippen LogP contribution in [0.1, 0.15) is 54.0 Å². The number of hydrogen-bond acceptors (Lipinski definition) is 3. The molecule has 0 aliphatic carbocycles. The topological polar surface area (TPSA) is 31.4 Å². The van der Waals surface area contributed by atoms with Crippen molar-refractivity contribution in [1.82, 2.24) is 4.98 Å². The predicted octanol–water partition coefficient (Wildman–Crippen LogP) is 2.97. The summed E-state index contributed by atoms with van der Waals surface area (Å²) in [5.74, 6) is 0. The van der Waals surface area contributed by atoms with E-state index in [1.54, 1.807) is 0 Å². The molecule has 1 aliphatic rings. The molecule has 0 bridgehead atoms. The lowest BCUT2D eigenvalue weighted by Gasteiger charge is -2.32. The molecule has 0 radical (unpaired) electrons. The smallest absolute Gasteiger partial charge is 0.399 e. The zero-order valence-electron chi connectivity index (χ0n) is 13.8. The fourth-order valence-electron chi connectivity index (χ4n) is 2.32. The molecule has 1 aromatic heterocycles. The van der Waals surface area contributed by atoms with Gasteiger partial charge in [0, 0.05) is 17.9 Å². The Balaban J connectivity index is 2.21. The second-order valence-corrected chi connectivity index (χ2v) is 7.95. The molecule has 0 spiro atoms. The molecule has 0 amide bonds. The van der Waals surface area contributed by atoms with Crippen molar-refractivity contribution < 1.29 is 9.31 Å². The molecular weight excluding hydrogens is 249 g/mol. The van der Waals surface area contributed by atoms with Gasteiger partial charge in [0.05, 0.1) is 11.2 Å². The molecule has 1 saturated heterocycles. The van der Waals surface area contributed by atoms with Crippen LogP contribution in [0.5, 0.6) is 0 Å². The van der Waals surface area contributed by atoms with Gasteiger partial charge in [-0.15, -0.1) is 0 Å². The SMILES string of the molecule is CC(C)(C)Cc1cncc(B2OC(C)(C)C(C)(C)O2)c1. The molecule has 110 valence electrons. The van der Waals surface area contributed by atoms with Crippen LogP contribution in [0, 0.1) is 5.41 Å². The first-order valence-corrected chi connectivity index (χ1v) is 7.30. The zero-order chi connectivity index (χ0) is 15.2. The number of rotatable bonds is 2. The minimum atomic E-state index is -0.326. The van der Waals surface area contributed by atoms with E-state index in [2.05, 4.69) is 59.5 Å². The van der Waals surface area contributed by atoms with E-state index in [4.69, 9.17) is 9.31 Å². The minimum absolute atomic E-state index is 0.246. The van der Waals surface area contributed by atoms with Crippen LogP contribution in [0.2, 0.25) is 0 Å². The standard InChI is InChI=1S/C16H26BNO2/c1-14(2,3)9-12-8-13(11-18-10-12)17-19-15(4,5)16(6,7)20-17/h8,10-11H,9H2,1-7H3. The highest BCUT2D eigenvalue weighted by Gasteiger charge is 2.51. The normalized spacial score (nSPS) is 21.2. The van der Waals surface area contributed by atoms with E-state index in [0.29, 0.717) is 0 Å². The van der Waals surface area contributed by atoms with Crippen molar-refractivity contribution in [3.63, 3.8) is 0 Å². The second kappa shape index (κ2) is 4.85. The first kappa shape index (κ1) is 15.5. The number of hydrogen-bond donors (Lipinski definition) is 0. The van der Waals surface area contributed by atoms with E-state index in [-0.39, 0.29) is 23.7 Å². The molecule has 2 rings (SSSR count). The zero-order valence-corrected chi connectivity index (χ0v) is 13.8. The van der Waals surface area contributed by atoms with Crippen LogP contribution < -0.4 is 5.46 Å². The highest BCUT2D eigenvalue weighted by Crippen LogP contribution is 2.36. The first-order valence-electron chi connectivity index (χ1n) is 7.30. The third-order valence-electron chi connectivity index (χ3n) is 4.08. The Morgan fingerprint density at radius 1 is 1.05 bits per heavy atom. The van der Waals surface area contributed by atoms with Gasteiger partial charge in [0.2, 0.25) is 0 Å². The Bertz CT molecular complexity index is 475. The fraction of sp³-hybridized carbons (Fsp3) is 0.688. The van der Waals surface area contributed by atoms with Gasteiger partial charge >= 0.3 is 7.12 Å². The molecule has 1 fully saturated rings. The maximum Gasteiger partial charge on any atom is 0.496 e. The Labute approximate surface area is 123 Å². The van der Waals surface area contributed by atoms with Crippen LogP contribution in [0.4, 0.5) is 0 Å². The summed E-state index contributed by atoms with van der Waals surface area (Å²) in [5, 5.41) is 0. The molecule has 20 heavy (non-hydrogen) atoms. The maximum absolute atomic E-state index is 6.07. The van der Waals surface area contributed by atoms with Gasteiger partial charge in [-0.05, 0) is 45.1 Å². The molecule has 0 unspecified atom stereocenters. The van der Waals surface area contributed by atoms with Crippen molar-refractivity contribution in [2.24, 2.45) is 5.41 Å². The summed E-state index contributed by atoms with van der Waals surface area (Å²) in [6.07, 6.45) is 4.77. The summed E-state index contributed by atoms with van der Waals surface area (Å²) in [5.41, 5.74) is 1.86. The quantitative estimate of drug-likeness (QED) is 0.778. The molecule has 0 aromatic carbocycles. The van der Waals surface area contributed by atoms with Crippen LogP contribution >= 0.6 is 0 Å². The molecule has 1 aromatic rings. The number of aromatic nitrogens is 1. The molecule has 1 aliphatic heterocycles. The summed E-state index contributed by atoms with van der Waals surface area (Å²) in [4.78, 5) is 4.35. The Kier molecular flexibility index (Phi) is 3.76. The Hall–Kier alpha value is -0.865.